The molecule has 1 aliphatic rings. The van der Waals surface area contributed by atoms with Gasteiger partial charge in [0.25, 0.3) is 5.56 Å². The third-order valence-electron chi connectivity index (χ3n) is 6.29. The maximum atomic E-state index is 13.4. The van der Waals surface area contributed by atoms with Crippen molar-refractivity contribution in [3.8, 4) is 5.69 Å². The average Bonchev–Trinajstić information content (AvgIpc) is 3.51. The molecular weight excluding hydrogens is 421 g/mol. The van der Waals surface area contributed by atoms with E-state index in [1.54, 1.807) is 16.8 Å². The lowest BCUT2D eigenvalue weighted by atomic mass is 9.91. The number of aromatic nitrogens is 4. The maximum Gasteiger partial charge on any atom is 0.264 e. The normalized spacial score (nSPS) is 15.1. The van der Waals surface area contributed by atoms with Gasteiger partial charge in [0.1, 0.15) is 24.1 Å². The molecule has 4 aromatic rings. The summed E-state index contributed by atoms with van der Waals surface area (Å²) in [6.45, 7) is -0.150. The first-order chi connectivity index (χ1) is 16.1. The van der Waals surface area contributed by atoms with E-state index in [4.69, 9.17) is 0 Å². The summed E-state index contributed by atoms with van der Waals surface area (Å²) in [6.07, 6.45) is 7.11. The number of hydrogen-bond donors (Lipinski definition) is 1. The molecule has 2 aromatic carbocycles. The summed E-state index contributed by atoms with van der Waals surface area (Å²) in [4.78, 5) is 30.3. The van der Waals surface area contributed by atoms with Crippen molar-refractivity contribution >= 4 is 16.9 Å². The van der Waals surface area contributed by atoms with Crippen LogP contribution in [0.15, 0.2) is 71.9 Å². The number of benzene rings is 2. The summed E-state index contributed by atoms with van der Waals surface area (Å²) >= 11 is 0. The van der Waals surface area contributed by atoms with Crippen LogP contribution in [-0.4, -0.2) is 25.2 Å². The minimum Gasteiger partial charge on any atom is -0.347 e. The monoisotopic (exact) mass is 445 g/mol. The molecule has 1 aliphatic carbocycles. The largest absolute Gasteiger partial charge is 0.347 e. The molecule has 7 nitrogen and oxygen atoms in total. The molecule has 0 spiro atoms. The minimum atomic E-state index is -0.323. The van der Waals surface area contributed by atoms with Gasteiger partial charge in [-0.05, 0) is 48.6 Å². The molecular formula is C25H24FN5O2. The first-order valence-electron chi connectivity index (χ1n) is 11.1. The highest BCUT2D eigenvalue weighted by molar-refractivity contribution is 5.78. The zero-order valence-corrected chi connectivity index (χ0v) is 18.0. The van der Waals surface area contributed by atoms with Crippen molar-refractivity contribution in [3.63, 3.8) is 0 Å². The Bertz CT molecular complexity index is 1320. The van der Waals surface area contributed by atoms with E-state index in [0.717, 1.165) is 36.9 Å². The number of halogens is 1. The molecule has 0 aliphatic heterocycles. The van der Waals surface area contributed by atoms with Crippen molar-refractivity contribution < 1.29 is 9.18 Å². The fraction of sp³-hybridized carbons (Fsp3) is 0.280. The van der Waals surface area contributed by atoms with Crippen molar-refractivity contribution in [2.45, 2.75) is 38.3 Å². The van der Waals surface area contributed by atoms with Crippen molar-refractivity contribution in [2.24, 2.45) is 5.92 Å². The van der Waals surface area contributed by atoms with Gasteiger partial charge in [-0.2, -0.15) is 5.10 Å². The first kappa shape index (κ1) is 21.1. The third-order valence-corrected chi connectivity index (χ3v) is 6.29. The fourth-order valence-electron chi connectivity index (χ4n) is 4.63. The number of fused-ring (bicyclic) bond motifs is 1. The number of carbonyl (C=O) groups is 1. The Labute approximate surface area is 189 Å². The molecule has 1 fully saturated rings. The lowest BCUT2D eigenvalue weighted by molar-refractivity contribution is -0.122. The van der Waals surface area contributed by atoms with E-state index in [2.05, 4.69) is 15.4 Å². The van der Waals surface area contributed by atoms with Crippen LogP contribution in [0.2, 0.25) is 0 Å². The highest BCUT2D eigenvalue weighted by Gasteiger charge is 2.28. The number of nitrogens with one attached hydrogen (secondary N) is 1. The summed E-state index contributed by atoms with van der Waals surface area (Å²) in [7, 11) is 0. The number of rotatable bonds is 6. The second kappa shape index (κ2) is 8.97. The smallest absolute Gasteiger partial charge is 0.264 e. The molecule has 1 saturated carbocycles. The van der Waals surface area contributed by atoms with Gasteiger partial charge in [0, 0.05) is 0 Å². The molecule has 2 heterocycles. The van der Waals surface area contributed by atoms with Crippen LogP contribution in [0.1, 0.15) is 37.3 Å². The quantitative estimate of drug-likeness (QED) is 0.490. The minimum absolute atomic E-state index is 0.150. The second-order valence-corrected chi connectivity index (χ2v) is 8.45. The fourth-order valence-corrected chi connectivity index (χ4v) is 4.63. The van der Waals surface area contributed by atoms with Gasteiger partial charge in [-0.25, -0.2) is 14.1 Å². The summed E-state index contributed by atoms with van der Waals surface area (Å²) in [5, 5.41) is 7.73. The second-order valence-electron chi connectivity index (χ2n) is 8.45. The topological polar surface area (TPSA) is 81.8 Å². The predicted molar refractivity (Wildman–Crippen MR) is 122 cm³/mol. The number of carbonyl (C=O) groups excluding carboxylic acids is 1. The van der Waals surface area contributed by atoms with Gasteiger partial charge in [-0.3, -0.25) is 14.2 Å². The molecule has 8 heteroatoms. The van der Waals surface area contributed by atoms with Gasteiger partial charge >= 0.3 is 0 Å². The Balaban J connectivity index is 1.38. The lowest BCUT2D eigenvalue weighted by Crippen LogP contribution is -2.37. The summed E-state index contributed by atoms with van der Waals surface area (Å²) in [5.74, 6) is -0.298. The molecule has 1 unspecified atom stereocenters. The summed E-state index contributed by atoms with van der Waals surface area (Å²) in [5.41, 5.74) is 1.80. The van der Waals surface area contributed by atoms with Crippen molar-refractivity contribution in [2.75, 3.05) is 0 Å². The molecule has 0 radical (unpaired) electrons. The third kappa shape index (κ3) is 4.28. The molecule has 0 saturated heterocycles. The van der Waals surface area contributed by atoms with Crippen LogP contribution >= 0.6 is 0 Å². The van der Waals surface area contributed by atoms with E-state index < -0.39 is 0 Å². The summed E-state index contributed by atoms with van der Waals surface area (Å²) < 4.78 is 16.3. The van der Waals surface area contributed by atoms with Gasteiger partial charge < -0.3 is 5.32 Å². The number of hydrogen-bond acceptors (Lipinski definition) is 4. The van der Waals surface area contributed by atoms with E-state index in [0.29, 0.717) is 17.0 Å². The Morgan fingerprint density at radius 3 is 2.55 bits per heavy atom. The van der Waals surface area contributed by atoms with Gasteiger partial charge in [-0.15, -0.1) is 0 Å². The first-order valence-corrected chi connectivity index (χ1v) is 11.1. The Morgan fingerprint density at radius 1 is 1.09 bits per heavy atom. The van der Waals surface area contributed by atoms with Gasteiger partial charge in [0.15, 0.2) is 5.65 Å². The van der Waals surface area contributed by atoms with Crippen LogP contribution in [0.4, 0.5) is 4.39 Å². The van der Waals surface area contributed by atoms with Crippen LogP contribution in [-0.2, 0) is 11.3 Å². The molecule has 33 heavy (non-hydrogen) atoms. The standard InChI is InChI=1S/C25H24FN5O2/c26-19-12-10-18(11-13-19)23(17-6-4-5-7-17)29-22(32)15-30-16-27-24-21(25(30)33)14-28-31(24)20-8-2-1-3-9-20/h1-3,8-14,16-17,23H,4-7,15H2,(H,29,32). The molecule has 1 N–H and O–H groups in total. The predicted octanol–water partition coefficient (Wildman–Crippen LogP) is 3.77. The highest BCUT2D eigenvalue weighted by atomic mass is 19.1. The van der Waals surface area contributed by atoms with Crippen molar-refractivity contribution in [1.82, 2.24) is 24.6 Å². The van der Waals surface area contributed by atoms with E-state index in [1.165, 1.54) is 29.2 Å². The van der Waals surface area contributed by atoms with Crippen LogP contribution in [0, 0.1) is 11.7 Å². The van der Waals surface area contributed by atoms with Crippen molar-refractivity contribution in [3.05, 3.63) is 88.9 Å². The Kier molecular flexibility index (Phi) is 5.73. The maximum absolute atomic E-state index is 13.4. The van der Waals surface area contributed by atoms with Crippen LogP contribution in [0.3, 0.4) is 0 Å². The molecule has 168 valence electrons. The molecule has 0 bridgehead atoms. The van der Waals surface area contributed by atoms with Crippen LogP contribution < -0.4 is 10.9 Å². The van der Waals surface area contributed by atoms with Crippen LogP contribution in [0.25, 0.3) is 16.7 Å². The number of amides is 1. The van der Waals surface area contributed by atoms with Crippen molar-refractivity contribution in [1.29, 1.82) is 0 Å². The van der Waals surface area contributed by atoms with Gasteiger partial charge in [-0.1, -0.05) is 43.2 Å². The SMILES string of the molecule is O=C(Cn1cnc2c(cnn2-c2ccccc2)c1=O)NC(c1ccc(F)cc1)C1CCCC1. The van der Waals surface area contributed by atoms with Crippen LogP contribution in [0.5, 0.6) is 0 Å². The Hall–Kier alpha value is -3.81. The average molecular weight is 445 g/mol. The summed E-state index contributed by atoms with van der Waals surface area (Å²) in [6, 6.07) is 15.5. The van der Waals surface area contributed by atoms with Gasteiger partial charge in [0.05, 0.1) is 17.9 Å². The molecule has 1 amide bonds. The van der Waals surface area contributed by atoms with Gasteiger partial charge in [0.2, 0.25) is 5.91 Å². The zero-order chi connectivity index (χ0) is 22.8. The Morgan fingerprint density at radius 2 is 1.82 bits per heavy atom. The molecule has 5 rings (SSSR count). The number of nitrogens with zero attached hydrogens (tertiary/aromatic N) is 4. The van der Waals surface area contributed by atoms with E-state index >= 15 is 0 Å². The van der Waals surface area contributed by atoms with E-state index in [-0.39, 0.29) is 29.9 Å². The van der Waals surface area contributed by atoms with E-state index in [1.807, 2.05) is 30.3 Å². The zero-order valence-electron chi connectivity index (χ0n) is 18.0. The molecule has 2 aromatic heterocycles. The highest BCUT2D eigenvalue weighted by Crippen LogP contribution is 2.35. The number of para-hydroxylation sites is 1. The lowest BCUT2D eigenvalue weighted by Gasteiger charge is -2.25. The molecule has 1 atom stereocenters. The van der Waals surface area contributed by atoms with E-state index in [9.17, 15) is 14.0 Å².